The molecule has 0 aliphatic carbocycles. The standard InChI is InChI=1S/C22H26ClN7O2/c1-32-18-4-2-3-16(11-18)5-6-26-21(31)12-17-14-24-8-10-30(17)20-13-19(23)27-22(28-20)29-9-7-25-15-29/h2-4,7,9,11,13,15,17,24H,5-6,8,10,12,14H2,1H3,(H,26,31). The molecule has 3 aromatic rings. The number of carbonyl (C=O) groups is 1. The largest absolute Gasteiger partial charge is 0.497 e. The molecule has 1 unspecified atom stereocenters. The summed E-state index contributed by atoms with van der Waals surface area (Å²) in [7, 11) is 1.65. The van der Waals surface area contributed by atoms with Crippen molar-refractivity contribution in [1.29, 1.82) is 0 Å². The third-order valence-electron chi connectivity index (χ3n) is 5.34. The van der Waals surface area contributed by atoms with E-state index in [1.165, 1.54) is 0 Å². The second-order valence-corrected chi connectivity index (χ2v) is 7.91. The zero-order chi connectivity index (χ0) is 22.3. The topological polar surface area (TPSA) is 97.2 Å². The van der Waals surface area contributed by atoms with Crippen molar-refractivity contribution in [1.82, 2.24) is 30.2 Å². The SMILES string of the molecule is COc1cccc(CCNC(=O)CC2CNCCN2c2cc(Cl)nc(-n3ccnc3)n2)c1. The van der Waals surface area contributed by atoms with Crippen LogP contribution in [0.1, 0.15) is 12.0 Å². The Morgan fingerprint density at radius 3 is 3.06 bits per heavy atom. The first-order valence-electron chi connectivity index (χ1n) is 10.5. The number of nitrogens with zero attached hydrogens (tertiary/aromatic N) is 5. The molecule has 9 nitrogen and oxygen atoms in total. The van der Waals surface area contributed by atoms with Gasteiger partial charge in [0.25, 0.3) is 0 Å². The molecule has 0 spiro atoms. The third-order valence-corrected chi connectivity index (χ3v) is 5.53. The Morgan fingerprint density at radius 2 is 2.25 bits per heavy atom. The Kier molecular flexibility index (Phi) is 7.18. The van der Waals surface area contributed by atoms with Gasteiger partial charge in [-0.3, -0.25) is 9.36 Å². The summed E-state index contributed by atoms with van der Waals surface area (Å²) in [4.78, 5) is 27.8. The van der Waals surface area contributed by atoms with E-state index in [4.69, 9.17) is 16.3 Å². The van der Waals surface area contributed by atoms with Crippen LogP contribution in [0, 0.1) is 0 Å². The minimum absolute atomic E-state index is 0.00147. The molecule has 0 radical (unpaired) electrons. The van der Waals surface area contributed by atoms with Gasteiger partial charge in [0.15, 0.2) is 0 Å². The van der Waals surface area contributed by atoms with E-state index < -0.39 is 0 Å². The third kappa shape index (κ3) is 5.54. The molecule has 168 valence electrons. The van der Waals surface area contributed by atoms with Gasteiger partial charge in [0.05, 0.1) is 13.2 Å². The lowest BCUT2D eigenvalue weighted by Gasteiger charge is -2.37. The Bertz CT molecular complexity index is 1040. The maximum absolute atomic E-state index is 12.7. The second-order valence-electron chi connectivity index (χ2n) is 7.53. The number of piperazine rings is 1. The van der Waals surface area contributed by atoms with E-state index in [0.29, 0.717) is 36.4 Å². The number of benzene rings is 1. The van der Waals surface area contributed by atoms with Gasteiger partial charge in [-0.25, -0.2) is 9.97 Å². The first kappa shape index (κ1) is 22.0. The summed E-state index contributed by atoms with van der Waals surface area (Å²) in [5, 5.41) is 6.74. The fraction of sp³-hybridized carbons (Fsp3) is 0.364. The lowest BCUT2D eigenvalue weighted by molar-refractivity contribution is -0.121. The highest BCUT2D eigenvalue weighted by Crippen LogP contribution is 2.22. The fourth-order valence-corrected chi connectivity index (χ4v) is 3.91. The van der Waals surface area contributed by atoms with Gasteiger partial charge in [-0.1, -0.05) is 23.7 Å². The van der Waals surface area contributed by atoms with Crippen LogP contribution in [0.2, 0.25) is 5.15 Å². The van der Waals surface area contributed by atoms with E-state index in [1.807, 2.05) is 24.3 Å². The van der Waals surface area contributed by atoms with Crippen molar-refractivity contribution in [2.45, 2.75) is 18.9 Å². The minimum Gasteiger partial charge on any atom is -0.497 e. The first-order chi connectivity index (χ1) is 15.6. The van der Waals surface area contributed by atoms with Gasteiger partial charge >= 0.3 is 0 Å². The number of ether oxygens (including phenoxy) is 1. The second kappa shape index (κ2) is 10.4. The van der Waals surface area contributed by atoms with E-state index in [-0.39, 0.29) is 11.9 Å². The predicted molar refractivity (Wildman–Crippen MR) is 122 cm³/mol. The number of methoxy groups -OCH3 is 1. The number of rotatable bonds is 8. The molecule has 2 aromatic heterocycles. The monoisotopic (exact) mass is 455 g/mol. The zero-order valence-corrected chi connectivity index (χ0v) is 18.6. The van der Waals surface area contributed by atoms with Crippen LogP contribution >= 0.6 is 11.6 Å². The Hall–Kier alpha value is -3.17. The first-order valence-corrected chi connectivity index (χ1v) is 10.9. The molecular weight excluding hydrogens is 430 g/mol. The van der Waals surface area contributed by atoms with Crippen molar-refractivity contribution >= 4 is 23.3 Å². The smallest absolute Gasteiger partial charge is 0.238 e. The van der Waals surface area contributed by atoms with Gasteiger partial charge in [0.1, 0.15) is 23.0 Å². The lowest BCUT2D eigenvalue weighted by atomic mass is 10.1. The molecular formula is C22H26ClN7O2. The van der Waals surface area contributed by atoms with E-state index in [9.17, 15) is 4.79 Å². The summed E-state index contributed by atoms with van der Waals surface area (Å²) >= 11 is 6.27. The average molecular weight is 456 g/mol. The molecule has 0 saturated carbocycles. The van der Waals surface area contributed by atoms with Crippen molar-refractivity contribution in [2.24, 2.45) is 0 Å². The van der Waals surface area contributed by atoms with Crippen LogP contribution in [0.15, 0.2) is 49.1 Å². The molecule has 1 aliphatic rings. The van der Waals surface area contributed by atoms with E-state index in [2.05, 4.69) is 30.5 Å². The number of anilines is 1. The summed E-state index contributed by atoms with van der Waals surface area (Å²) < 4.78 is 6.96. The number of hydrogen-bond donors (Lipinski definition) is 2. The van der Waals surface area contributed by atoms with E-state index >= 15 is 0 Å². The van der Waals surface area contributed by atoms with Crippen molar-refractivity contribution in [3.63, 3.8) is 0 Å². The molecule has 10 heteroatoms. The summed E-state index contributed by atoms with van der Waals surface area (Å²) in [5.41, 5.74) is 1.12. The Balaban J connectivity index is 1.38. The number of nitrogens with one attached hydrogen (secondary N) is 2. The minimum atomic E-state index is -0.0397. The van der Waals surface area contributed by atoms with Gasteiger partial charge in [-0.05, 0) is 24.1 Å². The number of carbonyl (C=O) groups excluding carboxylic acids is 1. The van der Waals surface area contributed by atoms with Crippen molar-refractivity contribution in [2.75, 3.05) is 38.2 Å². The normalized spacial score (nSPS) is 16.1. The molecule has 0 bridgehead atoms. The quantitative estimate of drug-likeness (QED) is 0.500. The highest BCUT2D eigenvalue weighted by Gasteiger charge is 2.26. The van der Waals surface area contributed by atoms with Gasteiger partial charge in [0.2, 0.25) is 11.9 Å². The van der Waals surface area contributed by atoms with Crippen molar-refractivity contribution in [3.05, 3.63) is 59.8 Å². The van der Waals surface area contributed by atoms with Crippen LogP contribution in [0.3, 0.4) is 0 Å². The molecule has 2 N–H and O–H groups in total. The molecule has 1 aromatic carbocycles. The molecule has 1 saturated heterocycles. The molecule has 3 heterocycles. The predicted octanol–water partition coefficient (Wildman–Crippen LogP) is 1.85. The van der Waals surface area contributed by atoms with Crippen LogP contribution in [-0.2, 0) is 11.2 Å². The molecule has 1 fully saturated rings. The number of hydrogen-bond acceptors (Lipinski definition) is 7. The fourth-order valence-electron chi connectivity index (χ4n) is 3.74. The molecule has 1 aliphatic heterocycles. The van der Waals surface area contributed by atoms with Gasteiger partial charge in [0, 0.05) is 51.1 Å². The molecule has 4 rings (SSSR count). The zero-order valence-electron chi connectivity index (χ0n) is 17.9. The maximum Gasteiger partial charge on any atom is 0.238 e. The molecule has 1 amide bonds. The number of imidazole rings is 1. The van der Waals surface area contributed by atoms with Crippen molar-refractivity contribution in [3.8, 4) is 11.7 Å². The van der Waals surface area contributed by atoms with Gasteiger partial charge in [-0.15, -0.1) is 0 Å². The Labute approximate surface area is 191 Å². The molecule has 32 heavy (non-hydrogen) atoms. The average Bonchev–Trinajstić information content (AvgIpc) is 3.34. The van der Waals surface area contributed by atoms with E-state index in [0.717, 1.165) is 30.8 Å². The van der Waals surface area contributed by atoms with Crippen molar-refractivity contribution < 1.29 is 9.53 Å². The highest BCUT2D eigenvalue weighted by molar-refractivity contribution is 6.29. The number of aromatic nitrogens is 4. The number of amides is 1. The van der Waals surface area contributed by atoms with Crippen LogP contribution in [0.5, 0.6) is 5.75 Å². The summed E-state index contributed by atoms with van der Waals surface area (Å²) in [6, 6.07) is 9.56. The number of halogens is 1. The van der Waals surface area contributed by atoms with E-state index in [1.54, 1.807) is 36.5 Å². The summed E-state index contributed by atoms with van der Waals surface area (Å²) in [6.07, 6.45) is 6.15. The van der Waals surface area contributed by atoms with Crippen LogP contribution in [-0.4, -0.2) is 64.8 Å². The van der Waals surface area contributed by atoms with Gasteiger partial charge in [-0.2, -0.15) is 4.98 Å². The highest BCUT2D eigenvalue weighted by atomic mass is 35.5. The van der Waals surface area contributed by atoms with Crippen LogP contribution < -0.4 is 20.3 Å². The maximum atomic E-state index is 12.7. The lowest BCUT2D eigenvalue weighted by Crippen LogP contribution is -2.53. The molecule has 1 atom stereocenters. The van der Waals surface area contributed by atoms with Crippen LogP contribution in [0.25, 0.3) is 5.95 Å². The van der Waals surface area contributed by atoms with Gasteiger partial charge < -0.3 is 20.3 Å². The summed E-state index contributed by atoms with van der Waals surface area (Å²) in [5.74, 6) is 1.97. The van der Waals surface area contributed by atoms with Crippen LogP contribution in [0.4, 0.5) is 5.82 Å². The Morgan fingerprint density at radius 1 is 1.34 bits per heavy atom. The summed E-state index contributed by atoms with van der Waals surface area (Å²) in [6.45, 7) is 2.77.